The Morgan fingerprint density at radius 3 is 2.85 bits per heavy atom. The minimum absolute atomic E-state index is 0.0863. The zero-order chi connectivity index (χ0) is 9.68. The summed E-state index contributed by atoms with van der Waals surface area (Å²) in [4.78, 5) is 13.3. The van der Waals surface area contributed by atoms with Gasteiger partial charge in [0.1, 0.15) is 6.10 Å². The molecule has 0 bridgehead atoms. The summed E-state index contributed by atoms with van der Waals surface area (Å²) in [5.74, 6) is -0.281. The lowest BCUT2D eigenvalue weighted by molar-refractivity contribution is -0.144. The van der Waals surface area contributed by atoms with Gasteiger partial charge >= 0.3 is 5.97 Å². The number of carbonyl (C=O) groups excluding carboxylic acids is 1. The van der Waals surface area contributed by atoms with Crippen LogP contribution in [0.3, 0.4) is 0 Å². The molecule has 0 aromatic carbocycles. The van der Waals surface area contributed by atoms with E-state index in [0.717, 1.165) is 12.8 Å². The molecular formula is C8H11N3O2. The first-order chi connectivity index (χ1) is 6.22. The molecule has 5 heteroatoms. The monoisotopic (exact) mass is 181 g/mol. The quantitative estimate of drug-likeness (QED) is 0.214. The summed E-state index contributed by atoms with van der Waals surface area (Å²) >= 11 is 0. The largest absolute Gasteiger partial charge is 0.458 e. The number of ether oxygens (including phenoxy) is 1. The van der Waals surface area contributed by atoms with E-state index < -0.39 is 0 Å². The van der Waals surface area contributed by atoms with Gasteiger partial charge in [0.05, 0.1) is 6.04 Å². The van der Waals surface area contributed by atoms with Gasteiger partial charge in [0.25, 0.3) is 0 Å². The fourth-order valence-corrected chi connectivity index (χ4v) is 1.25. The summed E-state index contributed by atoms with van der Waals surface area (Å²) in [6, 6.07) is -0.0863. The second kappa shape index (κ2) is 4.52. The molecule has 13 heavy (non-hydrogen) atoms. The molecule has 5 nitrogen and oxygen atoms in total. The van der Waals surface area contributed by atoms with Gasteiger partial charge < -0.3 is 4.74 Å². The molecule has 0 aromatic rings. The minimum Gasteiger partial charge on any atom is -0.458 e. The van der Waals surface area contributed by atoms with Crippen LogP contribution in [0.25, 0.3) is 10.4 Å². The van der Waals surface area contributed by atoms with Gasteiger partial charge in [-0.2, -0.15) is 0 Å². The maximum absolute atomic E-state index is 10.6. The van der Waals surface area contributed by atoms with Crippen molar-refractivity contribution in [2.24, 2.45) is 5.11 Å². The molecule has 2 atom stereocenters. The average Bonchev–Trinajstić information content (AvgIpc) is 2.08. The molecular weight excluding hydrogens is 170 g/mol. The molecule has 0 amide bonds. The lowest BCUT2D eigenvalue weighted by Crippen LogP contribution is -2.20. The molecule has 0 heterocycles. The van der Waals surface area contributed by atoms with Crippen LogP contribution < -0.4 is 0 Å². The molecule has 0 radical (unpaired) electrons. The summed E-state index contributed by atoms with van der Waals surface area (Å²) in [7, 11) is 0. The summed E-state index contributed by atoms with van der Waals surface area (Å²) < 4.78 is 4.96. The molecule has 1 aliphatic carbocycles. The normalized spacial score (nSPS) is 26.2. The lowest BCUT2D eigenvalue weighted by Gasteiger charge is -2.19. The van der Waals surface area contributed by atoms with Gasteiger partial charge in [-0.15, -0.1) is 0 Å². The van der Waals surface area contributed by atoms with Crippen molar-refractivity contribution in [2.45, 2.75) is 31.9 Å². The van der Waals surface area contributed by atoms with Crippen LogP contribution in [0, 0.1) is 0 Å². The maximum Gasteiger partial charge on any atom is 0.303 e. The SMILES string of the molecule is CC(=O)O[C@@H]1C=C[C@@H](N=[N+]=[N-])CC1. The predicted octanol–water partition coefficient (Wildman–Crippen LogP) is 1.95. The Bertz CT molecular complexity index is 269. The summed E-state index contributed by atoms with van der Waals surface area (Å²) in [5, 5.41) is 3.55. The molecule has 70 valence electrons. The summed E-state index contributed by atoms with van der Waals surface area (Å²) in [6.45, 7) is 1.38. The molecule has 0 spiro atoms. The molecule has 0 aliphatic heterocycles. The van der Waals surface area contributed by atoms with Crippen LogP contribution in [0.15, 0.2) is 17.3 Å². The zero-order valence-electron chi connectivity index (χ0n) is 7.38. The van der Waals surface area contributed by atoms with Gasteiger partial charge in [-0.25, -0.2) is 0 Å². The fourth-order valence-electron chi connectivity index (χ4n) is 1.25. The van der Waals surface area contributed by atoms with E-state index in [1.165, 1.54) is 6.92 Å². The van der Waals surface area contributed by atoms with Crippen molar-refractivity contribution in [3.63, 3.8) is 0 Å². The maximum atomic E-state index is 10.6. The van der Waals surface area contributed by atoms with Crippen LogP contribution in [0.5, 0.6) is 0 Å². The van der Waals surface area contributed by atoms with Crippen molar-refractivity contribution in [3.8, 4) is 0 Å². The van der Waals surface area contributed by atoms with Crippen LogP contribution >= 0.6 is 0 Å². The third kappa shape index (κ3) is 3.17. The molecule has 0 unspecified atom stereocenters. The summed E-state index contributed by atoms with van der Waals surface area (Å²) in [6.07, 6.45) is 4.85. The smallest absolute Gasteiger partial charge is 0.303 e. The number of hydrogen-bond acceptors (Lipinski definition) is 3. The highest BCUT2D eigenvalue weighted by atomic mass is 16.5. The molecule has 0 saturated heterocycles. The highest BCUT2D eigenvalue weighted by Crippen LogP contribution is 2.16. The fraction of sp³-hybridized carbons (Fsp3) is 0.625. The van der Waals surface area contributed by atoms with Crippen molar-refractivity contribution >= 4 is 5.97 Å². The van der Waals surface area contributed by atoms with Crippen LogP contribution in [0.4, 0.5) is 0 Å². The lowest BCUT2D eigenvalue weighted by atomic mass is 10.0. The van der Waals surface area contributed by atoms with E-state index in [1.807, 2.05) is 0 Å². The summed E-state index contributed by atoms with van der Waals surface area (Å²) in [5.41, 5.74) is 8.17. The van der Waals surface area contributed by atoms with Crippen molar-refractivity contribution in [1.82, 2.24) is 0 Å². The second-order valence-electron chi connectivity index (χ2n) is 2.88. The van der Waals surface area contributed by atoms with Crippen LogP contribution in [0.2, 0.25) is 0 Å². The van der Waals surface area contributed by atoms with E-state index in [2.05, 4.69) is 10.0 Å². The van der Waals surface area contributed by atoms with Gasteiger partial charge in [-0.05, 0) is 24.4 Å². The highest BCUT2D eigenvalue weighted by molar-refractivity contribution is 5.66. The minimum atomic E-state index is -0.281. The standard InChI is InChI=1S/C8H11N3O2/c1-6(12)13-8-4-2-7(3-5-8)10-11-9/h2,4,7-8H,3,5H2,1H3/t7-,8-/m1/s1. The van der Waals surface area contributed by atoms with Crippen molar-refractivity contribution in [3.05, 3.63) is 22.6 Å². The number of nitrogens with zero attached hydrogens (tertiary/aromatic N) is 3. The van der Waals surface area contributed by atoms with Gasteiger partial charge in [0.2, 0.25) is 0 Å². The Hall–Kier alpha value is -1.48. The number of carbonyl (C=O) groups is 1. The van der Waals surface area contributed by atoms with E-state index in [-0.39, 0.29) is 18.1 Å². The third-order valence-electron chi connectivity index (χ3n) is 1.81. The van der Waals surface area contributed by atoms with Crippen LogP contribution in [0.1, 0.15) is 19.8 Å². The average molecular weight is 181 g/mol. The van der Waals surface area contributed by atoms with E-state index in [9.17, 15) is 4.79 Å². The molecule has 0 N–H and O–H groups in total. The Morgan fingerprint density at radius 2 is 2.38 bits per heavy atom. The topological polar surface area (TPSA) is 75.1 Å². The molecule has 0 aromatic heterocycles. The number of esters is 1. The second-order valence-corrected chi connectivity index (χ2v) is 2.88. The zero-order valence-corrected chi connectivity index (χ0v) is 7.38. The Kier molecular flexibility index (Phi) is 3.34. The molecule has 0 fully saturated rings. The number of azide groups is 1. The Labute approximate surface area is 76.0 Å². The van der Waals surface area contributed by atoms with Gasteiger partial charge in [0.15, 0.2) is 0 Å². The van der Waals surface area contributed by atoms with Crippen LogP contribution in [-0.2, 0) is 9.53 Å². The van der Waals surface area contributed by atoms with E-state index in [4.69, 9.17) is 10.3 Å². The first-order valence-corrected chi connectivity index (χ1v) is 4.12. The molecule has 1 rings (SSSR count). The van der Waals surface area contributed by atoms with Crippen molar-refractivity contribution in [2.75, 3.05) is 0 Å². The van der Waals surface area contributed by atoms with Crippen LogP contribution in [-0.4, -0.2) is 18.1 Å². The first-order valence-electron chi connectivity index (χ1n) is 4.12. The van der Waals surface area contributed by atoms with E-state index in [1.54, 1.807) is 12.2 Å². The first kappa shape index (κ1) is 9.61. The Balaban J connectivity index is 2.46. The van der Waals surface area contributed by atoms with Gasteiger partial charge in [-0.1, -0.05) is 11.2 Å². The molecule has 0 saturated carbocycles. The van der Waals surface area contributed by atoms with Gasteiger partial charge in [-0.3, -0.25) is 4.79 Å². The predicted molar refractivity (Wildman–Crippen MR) is 46.9 cm³/mol. The molecule has 1 aliphatic rings. The van der Waals surface area contributed by atoms with E-state index >= 15 is 0 Å². The van der Waals surface area contributed by atoms with Crippen molar-refractivity contribution < 1.29 is 9.53 Å². The Morgan fingerprint density at radius 1 is 1.62 bits per heavy atom. The van der Waals surface area contributed by atoms with Gasteiger partial charge in [0, 0.05) is 11.8 Å². The highest BCUT2D eigenvalue weighted by Gasteiger charge is 2.16. The van der Waals surface area contributed by atoms with E-state index in [0.29, 0.717) is 0 Å². The number of hydrogen-bond donors (Lipinski definition) is 0. The van der Waals surface area contributed by atoms with Crippen molar-refractivity contribution in [1.29, 1.82) is 0 Å². The third-order valence-corrected chi connectivity index (χ3v) is 1.81. The number of rotatable bonds is 2.